The van der Waals surface area contributed by atoms with Crippen molar-refractivity contribution in [2.45, 2.75) is 6.61 Å². The normalized spacial score (nSPS) is 10.9. The van der Waals surface area contributed by atoms with Gasteiger partial charge in [-0.25, -0.2) is 0 Å². The Hall–Kier alpha value is -2.71. The summed E-state index contributed by atoms with van der Waals surface area (Å²) in [7, 11) is 0. The van der Waals surface area contributed by atoms with Crippen molar-refractivity contribution >= 4 is 36.1 Å². The average Bonchev–Trinajstić information content (AvgIpc) is 2.63. The van der Waals surface area contributed by atoms with Crippen molar-refractivity contribution in [3.63, 3.8) is 0 Å². The van der Waals surface area contributed by atoms with Crippen LogP contribution in [-0.2, 0) is 6.61 Å². The fourth-order valence-electron chi connectivity index (χ4n) is 2.29. The van der Waals surface area contributed by atoms with Gasteiger partial charge in [0.1, 0.15) is 0 Å². The maximum atomic E-state index is 11.0. The van der Waals surface area contributed by atoms with Gasteiger partial charge in [-0.3, -0.25) is 0 Å². The summed E-state index contributed by atoms with van der Waals surface area (Å²) in [5.41, 5.74) is 7.86. The first-order valence-corrected chi connectivity index (χ1v) is 9.61. The Morgan fingerprint density at radius 3 is 2.36 bits per heavy atom. The molecule has 125 valence electrons. The van der Waals surface area contributed by atoms with Gasteiger partial charge in [-0.15, -0.1) is 0 Å². The van der Waals surface area contributed by atoms with Crippen LogP contribution in [0.1, 0.15) is 15.9 Å². The number of hydrogen-bond donors (Lipinski definition) is 2. The van der Waals surface area contributed by atoms with E-state index in [4.69, 9.17) is 15.6 Å². The van der Waals surface area contributed by atoms with E-state index in [1.54, 1.807) is 12.1 Å². The molecule has 4 nitrogen and oxygen atoms in total. The summed E-state index contributed by atoms with van der Waals surface area (Å²) < 4.78 is 7.96. The van der Waals surface area contributed by atoms with Gasteiger partial charge in [-0.2, -0.15) is 0 Å². The fourth-order valence-corrected chi connectivity index (χ4v) is 4.21. The Morgan fingerprint density at radius 1 is 1.00 bits per heavy atom. The number of carbonyl (C=O) groups is 1. The molecule has 0 spiro atoms. The number of carboxylic acid groups (broad SMARTS) is 1. The van der Waals surface area contributed by atoms with Crippen LogP contribution in [0.2, 0.25) is 0 Å². The molecule has 0 amide bonds. The zero-order valence-corrected chi connectivity index (χ0v) is 15.3. The van der Waals surface area contributed by atoms with Gasteiger partial charge in [0.2, 0.25) is 0 Å². The van der Waals surface area contributed by atoms with Crippen LogP contribution in [-0.4, -0.2) is 26.8 Å². The Kier molecular flexibility index (Phi) is 5.42. The molecule has 1 radical (unpaired) electrons. The minimum atomic E-state index is -0.964. The molecular formula is C20H17AsNO3. The van der Waals surface area contributed by atoms with Crippen molar-refractivity contribution in [2.24, 2.45) is 0 Å². The Balaban J connectivity index is 1.63. The molecule has 0 saturated carbocycles. The molecule has 3 aromatic rings. The first-order valence-electron chi connectivity index (χ1n) is 7.73. The van der Waals surface area contributed by atoms with E-state index in [0.29, 0.717) is 12.3 Å². The third kappa shape index (κ3) is 4.65. The van der Waals surface area contributed by atoms with Gasteiger partial charge < -0.3 is 0 Å². The van der Waals surface area contributed by atoms with Crippen LogP contribution in [0.25, 0.3) is 0 Å². The third-order valence-corrected chi connectivity index (χ3v) is 6.14. The minimum absolute atomic E-state index is 0.215. The van der Waals surface area contributed by atoms with Gasteiger partial charge in [0.05, 0.1) is 0 Å². The van der Waals surface area contributed by atoms with Gasteiger partial charge in [-0.1, -0.05) is 0 Å². The number of anilines is 1. The quantitative estimate of drug-likeness (QED) is 0.497. The molecule has 0 aliphatic heterocycles. The Labute approximate surface area is 152 Å². The van der Waals surface area contributed by atoms with Crippen LogP contribution in [0.5, 0.6) is 5.75 Å². The van der Waals surface area contributed by atoms with Crippen molar-refractivity contribution < 1.29 is 14.6 Å². The summed E-state index contributed by atoms with van der Waals surface area (Å²) in [4.78, 5) is 11.0. The van der Waals surface area contributed by atoms with Crippen molar-refractivity contribution in [3.8, 4) is 5.75 Å². The Bertz CT molecular complexity index is 864. The summed E-state index contributed by atoms with van der Waals surface area (Å²) in [6.07, 6.45) is 0. The third-order valence-electron chi connectivity index (χ3n) is 3.61. The summed E-state index contributed by atoms with van der Waals surface area (Å²) in [6, 6.07) is 22.9. The standard InChI is InChI=1S/C20H17AsNO3/c22-19-12-15(20(23)24)6-11-18(19)21-16-7-9-17(10-8-16)25-13-14-4-2-1-3-5-14/h1-12H,13,22H2,(H,23,24). The molecule has 0 atom stereocenters. The van der Waals surface area contributed by atoms with Crippen LogP contribution in [0, 0.1) is 0 Å². The first kappa shape index (κ1) is 17.1. The van der Waals surface area contributed by atoms with E-state index in [-0.39, 0.29) is 21.3 Å². The molecule has 0 fully saturated rings. The van der Waals surface area contributed by atoms with Gasteiger partial charge in [0.15, 0.2) is 0 Å². The molecule has 0 aliphatic carbocycles. The monoisotopic (exact) mass is 394 g/mol. The first-order chi connectivity index (χ1) is 12.1. The van der Waals surface area contributed by atoms with E-state index >= 15 is 0 Å². The van der Waals surface area contributed by atoms with Crippen molar-refractivity contribution in [2.75, 3.05) is 5.73 Å². The predicted molar refractivity (Wildman–Crippen MR) is 100 cm³/mol. The van der Waals surface area contributed by atoms with E-state index in [0.717, 1.165) is 15.7 Å². The molecule has 5 heteroatoms. The molecule has 0 unspecified atom stereocenters. The second kappa shape index (κ2) is 7.91. The molecule has 3 rings (SSSR count). The van der Waals surface area contributed by atoms with Crippen LogP contribution in [0.4, 0.5) is 5.69 Å². The van der Waals surface area contributed by atoms with E-state index < -0.39 is 5.97 Å². The molecule has 25 heavy (non-hydrogen) atoms. The van der Waals surface area contributed by atoms with E-state index in [2.05, 4.69) is 0 Å². The molecule has 3 aromatic carbocycles. The van der Waals surface area contributed by atoms with Gasteiger partial charge in [-0.05, 0) is 0 Å². The summed E-state index contributed by atoms with van der Waals surface area (Å²) >= 11 is -0.302. The molecule has 0 saturated heterocycles. The van der Waals surface area contributed by atoms with E-state index in [1.165, 1.54) is 10.4 Å². The molecular weight excluding hydrogens is 377 g/mol. The van der Waals surface area contributed by atoms with Gasteiger partial charge in [0, 0.05) is 0 Å². The number of benzene rings is 3. The molecule has 0 aromatic heterocycles. The van der Waals surface area contributed by atoms with Crippen molar-refractivity contribution in [1.82, 2.24) is 0 Å². The second-order valence-electron chi connectivity index (χ2n) is 5.46. The fraction of sp³-hybridized carbons (Fsp3) is 0.0500. The number of rotatable bonds is 6. The van der Waals surface area contributed by atoms with Crippen molar-refractivity contribution in [3.05, 3.63) is 83.9 Å². The molecule has 0 aliphatic rings. The summed E-state index contributed by atoms with van der Waals surface area (Å²) in [5, 5.41) is 8.99. The Morgan fingerprint density at radius 2 is 1.72 bits per heavy atom. The molecule has 0 bridgehead atoms. The number of hydrogen-bond acceptors (Lipinski definition) is 3. The van der Waals surface area contributed by atoms with Crippen LogP contribution < -0.4 is 19.2 Å². The summed E-state index contributed by atoms with van der Waals surface area (Å²) in [5.74, 6) is -0.141. The molecule has 3 N–H and O–H groups in total. The second-order valence-corrected chi connectivity index (χ2v) is 8.02. The van der Waals surface area contributed by atoms with Crippen molar-refractivity contribution in [1.29, 1.82) is 0 Å². The topological polar surface area (TPSA) is 72.6 Å². The summed E-state index contributed by atoms with van der Waals surface area (Å²) in [6.45, 7) is 0.539. The predicted octanol–water partition coefficient (Wildman–Crippen LogP) is 2.20. The number of nitrogen functional groups attached to an aromatic ring is 1. The maximum absolute atomic E-state index is 11.0. The van der Waals surface area contributed by atoms with Gasteiger partial charge >= 0.3 is 153 Å². The van der Waals surface area contributed by atoms with E-state index in [9.17, 15) is 4.79 Å². The number of ether oxygens (including phenoxy) is 1. The molecule has 0 heterocycles. The van der Waals surface area contributed by atoms with E-state index in [1.807, 2.05) is 54.6 Å². The zero-order valence-electron chi connectivity index (χ0n) is 13.4. The van der Waals surface area contributed by atoms with Crippen LogP contribution in [0.15, 0.2) is 72.8 Å². The number of carboxylic acids is 1. The van der Waals surface area contributed by atoms with Crippen LogP contribution in [0.3, 0.4) is 0 Å². The average molecular weight is 394 g/mol. The number of nitrogens with two attached hydrogens (primary N) is 1. The van der Waals surface area contributed by atoms with Gasteiger partial charge in [0.25, 0.3) is 0 Å². The van der Waals surface area contributed by atoms with Crippen LogP contribution >= 0.6 is 0 Å². The SMILES string of the molecule is Nc1cc(C(=O)O)ccc1[As]c1ccc(OCc2ccccc2)cc1. The number of aromatic carboxylic acids is 1. The zero-order chi connectivity index (χ0) is 17.6.